The SMILES string of the molecule is CCNC(=NCCc1cccc(C(=O)NC)c1)NCCOc1ccc(Cl)cc1. The highest BCUT2D eigenvalue weighted by Crippen LogP contribution is 2.15. The normalized spacial score (nSPS) is 11.0. The number of halogens is 1. The second kappa shape index (κ2) is 11.9. The number of nitrogens with zero attached hydrogens (tertiary/aromatic N) is 1. The molecule has 0 aromatic heterocycles. The Morgan fingerprint density at radius 2 is 1.93 bits per heavy atom. The van der Waals surface area contributed by atoms with Crippen molar-refractivity contribution in [2.75, 3.05) is 33.3 Å². The Morgan fingerprint density at radius 3 is 2.64 bits per heavy atom. The molecule has 0 atom stereocenters. The lowest BCUT2D eigenvalue weighted by Crippen LogP contribution is -2.39. The van der Waals surface area contributed by atoms with Gasteiger partial charge in [0.1, 0.15) is 12.4 Å². The minimum Gasteiger partial charge on any atom is -0.492 e. The van der Waals surface area contributed by atoms with Crippen LogP contribution in [0.15, 0.2) is 53.5 Å². The molecule has 2 rings (SSSR count). The van der Waals surface area contributed by atoms with Crippen molar-refractivity contribution < 1.29 is 9.53 Å². The van der Waals surface area contributed by atoms with Crippen LogP contribution in [0.1, 0.15) is 22.8 Å². The maximum Gasteiger partial charge on any atom is 0.251 e. The van der Waals surface area contributed by atoms with Gasteiger partial charge in [-0.3, -0.25) is 9.79 Å². The fraction of sp³-hybridized carbons (Fsp3) is 0.333. The molecule has 0 saturated carbocycles. The summed E-state index contributed by atoms with van der Waals surface area (Å²) < 4.78 is 5.67. The third kappa shape index (κ3) is 7.48. The average Bonchev–Trinajstić information content (AvgIpc) is 2.72. The number of amides is 1. The van der Waals surface area contributed by atoms with E-state index in [1.807, 2.05) is 37.3 Å². The Balaban J connectivity index is 1.79. The zero-order valence-electron chi connectivity index (χ0n) is 16.3. The molecule has 2 aromatic rings. The van der Waals surface area contributed by atoms with E-state index in [4.69, 9.17) is 16.3 Å². The molecule has 0 spiro atoms. The van der Waals surface area contributed by atoms with Crippen LogP contribution in [0.2, 0.25) is 5.02 Å². The van der Waals surface area contributed by atoms with Gasteiger partial charge in [-0.05, 0) is 55.3 Å². The molecule has 6 nitrogen and oxygen atoms in total. The molecular weight excluding hydrogens is 376 g/mol. The summed E-state index contributed by atoms with van der Waals surface area (Å²) >= 11 is 5.86. The molecule has 0 aliphatic rings. The zero-order chi connectivity index (χ0) is 20.2. The van der Waals surface area contributed by atoms with E-state index in [-0.39, 0.29) is 5.91 Å². The van der Waals surface area contributed by atoms with Crippen LogP contribution < -0.4 is 20.7 Å². The lowest BCUT2D eigenvalue weighted by Gasteiger charge is -2.12. The van der Waals surface area contributed by atoms with E-state index in [2.05, 4.69) is 20.9 Å². The van der Waals surface area contributed by atoms with Crippen LogP contribution in [0.3, 0.4) is 0 Å². The molecular formula is C21H27ClN4O2. The molecule has 0 unspecified atom stereocenters. The third-order valence-electron chi connectivity index (χ3n) is 3.91. The molecule has 0 radical (unpaired) electrons. The van der Waals surface area contributed by atoms with E-state index in [9.17, 15) is 4.79 Å². The predicted molar refractivity (Wildman–Crippen MR) is 114 cm³/mol. The fourth-order valence-electron chi connectivity index (χ4n) is 2.52. The van der Waals surface area contributed by atoms with Crippen molar-refractivity contribution in [3.05, 3.63) is 64.7 Å². The Bertz CT molecular complexity index is 778. The summed E-state index contributed by atoms with van der Waals surface area (Å²) in [6.07, 6.45) is 0.753. The summed E-state index contributed by atoms with van der Waals surface area (Å²) in [7, 11) is 1.63. The number of nitrogens with one attached hydrogen (secondary N) is 3. The van der Waals surface area contributed by atoms with Gasteiger partial charge in [-0.1, -0.05) is 23.7 Å². The van der Waals surface area contributed by atoms with Crippen molar-refractivity contribution in [1.82, 2.24) is 16.0 Å². The molecule has 0 fully saturated rings. The summed E-state index contributed by atoms with van der Waals surface area (Å²) in [5, 5.41) is 9.79. The molecule has 150 valence electrons. The van der Waals surface area contributed by atoms with Crippen LogP contribution >= 0.6 is 11.6 Å². The molecule has 28 heavy (non-hydrogen) atoms. The molecule has 3 N–H and O–H groups in total. The lowest BCUT2D eigenvalue weighted by molar-refractivity contribution is 0.0963. The Hall–Kier alpha value is -2.73. The van der Waals surface area contributed by atoms with Crippen molar-refractivity contribution in [2.24, 2.45) is 4.99 Å². The van der Waals surface area contributed by atoms with Gasteiger partial charge >= 0.3 is 0 Å². The van der Waals surface area contributed by atoms with Gasteiger partial charge in [-0.15, -0.1) is 0 Å². The number of aliphatic imine (C=N–C) groups is 1. The standard InChI is InChI=1S/C21H27ClN4O2/c1-3-24-21(26-13-14-28-19-9-7-18(22)8-10-19)25-12-11-16-5-4-6-17(15-16)20(27)23-2/h4-10,15H,3,11-14H2,1-2H3,(H,23,27)(H2,24,25,26). The van der Waals surface area contributed by atoms with E-state index >= 15 is 0 Å². The van der Waals surface area contributed by atoms with Crippen LogP contribution in [-0.2, 0) is 6.42 Å². The zero-order valence-corrected chi connectivity index (χ0v) is 17.1. The van der Waals surface area contributed by atoms with Crippen LogP contribution in [0.25, 0.3) is 0 Å². The third-order valence-corrected chi connectivity index (χ3v) is 4.16. The average molecular weight is 403 g/mol. The van der Waals surface area contributed by atoms with Gasteiger partial charge in [0, 0.05) is 30.7 Å². The summed E-state index contributed by atoms with van der Waals surface area (Å²) in [5.41, 5.74) is 1.74. The van der Waals surface area contributed by atoms with Crippen LogP contribution in [0.4, 0.5) is 0 Å². The molecule has 0 bridgehead atoms. The molecule has 1 amide bonds. The van der Waals surface area contributed by atoms with Gasteiger partial charge in [0.15, 0.2) is 5.96 Å². The summed E-state index contributed by atoms with van der Waals surface area (Å²) in [5.74, 6) is 1.44. The van der Waals surface area contributed by atoms with Crippen molar-refractivity contribution in [1.29, 1.82) is 0 Å². The Kier molecular flexibility index (Phi) is 9.15. The topological polar surface area (TPSA) is 74.8 Å². The number of benzene rings is 2. The van der Waals surface area contributed by atoms with E-state index < -0.39 is 0 Å². The van der Waals surface area contributed by atoms with Crippen molar-refractivity contribution in [2.45, 2.75) is 13.3 Å². The van der Waals surface area contributed by atoms with Crippen LogP contribution in [0, 0.1) is 0 Å². The van der Waals surface area contributed by atoms with Gasteiger partial charge in [0.05, 0.1) is 6.54 Å². The van der Waals surface area contributed by atoms with Gasteiger partial charge < -0.3 is 20.7 Å². The van der Waals surface area contributed by atoms with Gasteiger partial charge in [0.2, 0.25) is 0 Å². The molecule has 0 heterocycles. The lowest BCUT2D eigenvalue weighted by atomic mass is 10.1. The highest BCUT2D eigenvalue weighted by molar-refractivity contribution is 6.30. The first kappa shape index (κ1) is 21.6. The largest absolute Gasteiger partial charge is 0.492 e. The summed E-state index contributed by atoms with van der Waals surface area (Å²) in [6, 6.07) is 14.9. The summed E-state index contributed by atoms with van der Waals surface area (Å²) in [4.78, 5) is 16.3. The smallest absolute Gasteiger partial charge is 0.251 e. The fourth-order valence-corrected chi connectivity index (χ4v) is 2.65. The number of carbonyl (C=O) groups is 1. The number of rotatable bonds is 9. The van der Waals surface area contributed by atoms with E-state index in [1.54, 1.807) is 25.2 Å². The van der Waals surface area contributed by atoms with E-state index in [1.165, 1.54) is 0 Å². The second-order valence-electron chi connectivity index (χ2n) is 6.02. The number of hydrogen-bond donors (Lipinski definition) is 3. The molecule has 0 aliphatic heterocycles. The van der Waals surface area contributed by atoms with Gasteiger partial charge in [-0.2, -0.15) is 0 Å². The van der Waals surface area contributed by atoms with Crippen molar-refractivity contribution >= 4 is 23.5 Å². The van der Waals surface area contributed by atoms with E-state index in [0.717, 1.165) is 30.2 Å². The maximum absolute atomic E-state index is 11.7. The first-order chi connectivity index (χ1) is 13.6. The highest BCUT2D eigenvalue weighted by atomic mass is 35.5. The molecule has 0 saturated heterocycles. The molecule has 2 aromatic carbocycles. The quantitative estimate of drug-likeness (QED) is 0.342. The Labute approximate surface area is 171 Å². The maximum atomic E-state index is 11.7. The highest BCUT2D eigenvalue weighted by Gasteiger charge is 2.04. The van der Waals surface area contributed by atoms with Crippen molar-refractivity contribution in [3.8, 4) is 5.75 Å². The minimum absolute atomic E-state index is 0.0824. The van der Waals surface area contributed by atoms with Crippen LogP contribution in [0.5, 0.6) is 5.75 Å². The summed E-state index contributed by atoms with van der Waals surface area (Å²) in [6.45, 7) is 4.55. The number of guanidine groups is 1. The first-order valence-electron chi connectivity index (χ1n) is 9.34. The monoisotopic (exact) mass is 402 g/mol. The minimum atomic E-state index is -0.0824. The predicted octanol–water partition coefficient (Wildman–Crippen LogP) is 2.88. The van der Waals surface area contributed by atoms with Crippen molar-refractivity contribution in [3.63, 3.8) is 0 Å². The molecule has 7 heteroatoms. The second-order valence-corrected chi connectivity index (χ2v) is 6.46. The Morgan fingerprint density at radius 1 is 1.14 bits per heavy atom. The number of hydrogen-bond acceptors (Lipinski definition) is 3. The number of ether oxygens (including phenoxy) is 1. The van der Waals surface area contributed by atoms with Crippen LogP contribution in [-0.4, -0.2) is 45.2 Å². The van der Waals surface area contributed by atoms with Gasteiger partial charge in [-0.25, -0.2) is 0 Å². The first-order valence-corrected chi connectivity index (χ1v) is 9.71. The van der Waals surface area contributed by atoms with E-state index in [0.29, 0.717) is 30.3 Å². The van der Waals surface area contributed by atoms with Gasteiger partial charge in [0.25, 0.3) is 5.91 Å². The molecule has 0 aliphatic carbocycles. The number of carbonyl (C=O) groups excluding carboxylic acids is 1.